The van der Waals surface area contributed by atoms with Crippen molar-refractivity contribution in [2.75, 3.05) is 7.11 Å². The summed E-state index contributed by atoms with van der Waals surface area (Å²) in [5.74, 6) is -0.352. The number of methoxy groups -OCH3 is 1. The number of benzene rings is 2. The van der Waals surface area contributed by atoms with Gasteiger partial charge < -0.3 is 9.72 Å². The lowest BCUT2D eigenvalue weighted by atomic mass is 10.2. The molecule has 0 bridgehead atoms. The van der Waals surface area contributed by atoms with Crippen molar-refractivity contribution >= 4 is 45.8 Å². The first-order valence-electron chi connectivity index (χ1n) is 5.95. The normalized spacial score (nSPS) is 11.0. The summed E-state index contributed by atoms with van der Waals surface area (Å²) in [6, 6.07) is 7.30. The van der Waals surface area contributed by atoms with Gasteiger partial charge in [-0.3, -0.25) is 4.57 Å². The van der Waals surface area contributed by atoms with Gasteiger partial charge in [-0.25, -0.2) is 8.78 Å². The van der Waals surface area contributed by atoms with Crippen molar-refractivity contribution in [2.45, 2.75) is 0 Å². The van der Waals surface area contributed by atoms with Crippen molar-refractivity contribution in [2.24, 2.45) is 0 Å². The molecule has 7 heteroatoms. The molecule has 108 valence electrons. The quantitative estimate of drug-likeness (QED) is 0.488. The number of H-pyrrole nitrogens is 1. The molecule has 3 aromatic rings. The molecule has 0 aliphatic heterocycles. The van der Waals surface area contributed by atoms with Crippen LogP contribution in [0.2, 0.25) is 0 Å². The predicted molar refractivity (Wildman–Crippen MR) is 87.6 cm³/mol. The summed E-state index contributed by atoms with van der Waals surface area (Å²) >= 11 is 7.13. The largest absolute Gasteiger partial charge is 0.497 e. The lowest BCUT2D eigenvalue weighted by Crippen LogP contribution is -1.99. The highest BCUT2D eigenvalue weighted by Gasteiger charge is 2.14. The number of nitrogens with zero attached hydrogens (tertiary/aromatic N) is 1. The van der Waals surface area contributed by atoms with Gasteiger partial charge >= 0.3 is 0 Å². The van der Waals surface area contributed by atoms with Gasteiger partial charge in [-0.05, 0) is 53.0 Å². The minimum Gasteiger partial charge on any atom is -0.497 e. The Morgan fingerprint density at radius 1 is 1.19 bits per heavy atom. The maximum absolute atomic E-state index is 14.1. The van der Waals surface area contributed by atoms with Crippen molar-refractivity contribution in [1.82, 2.24) is 9.55 Å². The van der Waals surface area contributed by atoms with E-state index in [-0.39, 0.29) is 11.5 Å². The minimum absolute atomic E-state index is 0.214. The number of fused-ring (bicyclic) bond motifs is 1. The van der Waals surface area contributed by atoms with Crippen molar-refractivity contribution in [1.29, 1.82) is 0 Å². The van der Waals surface area contributed by atoms with E-state index in [9.17, 15) is 8.78 Å². The summed E-state index contributed by atoms with van der Waals surface area (Å²) < 4.78 is 35.3. The number of ether oxygens (including phenoxy) is 1. The fourth-order valence-electron chi connectivity index (χ4n) is 2.13. The van der Waals surface area contributed by atoms with Crippen molar-refractivity contribution in [3.63, 3.8) is 0 Å². The Kier molecular flexibility index (Phi) is 3.70. The van der Waals surface area contributed by atoms with E-state index in [2.05, 4.69) is 4.98 Å². The zero-order valence-electron chi connectivity index (χ0n) is 10.8. The number of hydrogen-bond acceptors (Lipinski definition) is 2. The van der Waals surface area contributed by atoms with Crippen LogP contribution in [-0.4, -0.2) is 16.7 Å². The molecule has 1 aromatic heterocycles. The Balaban J connectivity index is 2.37. The summed E-state index contributed by atoms with van der Waals surface area (Å²) in [5.41, 5.74) is 1.34. The topological polar surface area (TPSA) is 29.9 Å². The second kappa shape index (κ2) is 5.38. The van der Waals surface area contributed by atoms with Gasteiger partial charge in [-0.2, -0.15) is 0 Å². The van der Waals surface area contributed by atoms with Crippen LogP contribution in [-0.2, 0) is 0 Å². The summed E-state index contributed by atoms with van der Waals surface area (Å²) in [4.78, 5) is 2.96. The fraction of sp³-hybridized carbons (Fsp3) is 0.0714. The Morgan fingerprint density at radius 3 is 2.67 bits per heavy atom. The standard InChI is InChI=1S/C14H9F2IN2OS/c1-20-7-2-3-8(15)12(4-7)19-13-5-9(16)10(17)6-11(13)18-14(19)21/h2-6H,1H3,(H,18,21). The monoisotopic (exact) mass is 418 g/mol. The van der Waals surface area contributed by atoms with Gasteiger partial charge in [0.15, 0.2) is 4.77 Å². The van der Waals surface area contributed by atoms with Gasteiger partial charge in [0.05, 0.1) is 27.4 Å². The van der Waals surface area contributed by atoms with E-state index < -0.39 is 5.82 Å². The van der Waals surface area contributed by atoms with Crippen molar-refractivity contribution in [3.05, 3.63) is 50.3 Å². The number of rotatable bonds is 2. The van der Waals surface area contributed by atoms with Crippen LogP contribution in [0.1, 0.15) is 0 Å². The molecule has 0 unspecified atom stereocenters. The predicted octanol–water partition coefficient (Wildman–Crippen LogP) is 4.58. The van der Waals surface area contributed by atoms with E-state index in [0.717, 1.165) is 0 Å². The fourth-order valence-corrected chi connectivity index (χ4v) is 2.91. The molecule has 3 rings (SSSR count). The molecule has 0 radical (unpaired) electrons. The van der Waals surface area contributed by atoms with Crippen LogP contribution in [0.3, 0.4) is 0 Å². The number of nitrogens with one attached hydrogen (secondary N) is 1. The van der Waals surface area contributed by atoms with Gasteiger partial charge in [-0.1, -0.05) is 0 Å². The van der Waals surface area contributed by atoms with Crippen molar-refractivity contribution < 1.29 is 13.5 Å². The molecule has 0 spiro atoms. The first-order valence-corrected chi connectivity index (χ1v) is 7.43. The number of halogens is 3. The van der Waals surface area contributed by atoms with Crippen molar-refractivity contribution in [3.8, 4) is 11.4 Å². The summed E-state index contributed by atoms with van der Waals surface area (Å²) in [6.45, 7) is 0. The Morgan fingerprint density at radius 2 is 1.95 bits per heavy atom. The molecular weight excluding hydrogens is 409 g/mol. The van der Waals surface area contributed by atoms with Crippen LogP contribution in [0, 0.1) is 20.0 Å². The van der Waals surface area contributed by atoms with Gasteiger partial charge in [-0.15, -0.1) is 0 Å². The van der Waals surface area contributed by atoms with Gasteiger partial charge in [0.2, 0.25) is 0 Å². The maximum atomic E-state index is 14.1. The highest BCUT2D eigenvalue weighted by atomic mass is 127. The molecule has 0 aliphatic rings. The van der Waals surface area contributed by atoms with Gasteiger partial charge in [0, 0.05) is 12.1 Å². The molecule has 0 fully saturated rings. The highest BCUT2D eigenvalue weighted by molar-refractivity contribution is 14.1. The van der Waals surface area contributed by atoms with Gasteiger partial charge in [0.25, 0.3) is 0 Å². The third-order valence-corrected chi connectivity index (χ3v) is 4.23. The zero-order chi connectivity index (χ0) is 15.1. The Labute approximate surface area is 137 Å². The van der Waals surface area contributed by atoms with Crippen LogP contribution >= 0.6 is 34.8 Å². The molecule has 0 aliphatic carbocycles. The number of aromatic amines is 1. The average Bonchev–Trinajstić information content (AvgIpc) is 2.75. The summed E-state index contributed by atoms with van der Waals surface area (Å²) in [7, 11) is 1.49. The maximum Gasteiger partial charge on any atom is 0.182 e. The number of hydrogen-bond donors (Lipinski definition) is 1. The summed E-state index contributed by atoms with van der Waals surface area (Å²) in [5, 5.41) is 0. The van der Waals surface area contributed by atoms with Crippen LogP contribution in [0.25, 0.3) is 16.7 Å². The SMILES string of the molecule is COc1ccc(F)c(-n2c(=S)[nH]c3cc(I)c(F)cc32)c1. The molecule has 0 saturated heterocycles. The molecule has 0 amide bonds. The smallest absolute Gasteiger partial charge is 0.182 e. The average molecular weight is 418 g/mol. The van der Waals surface area contributed by atoms with E-state index in [1.165, 1.54) is 35.9 Å². The lowest BCUT2D eigenvalue weighted by Gasteiger charge is -2.08. The van der Waals surface area contributed by atoms with E-state index in [4.69, 9.17) is 17.0 Å². The van der Waals surface area contributed by atoms with Gasteiger partial charge in [0.1, 0.15) is 17.4 Å². The Hall–Kier alpha value is -1.48. The third-order valence-electron chi connectivity index (χ3n) is 3.12. The van der Waals surface area contributed by atoms with E-state index >= 15 is 0 Å². The molecule has 21 heavy (non-hydrogen) atoms. The van der Waals surface area contributed by atoms with Crippen LogP contribution in [0.4, 0.5) is 8.78 Å². The molecular formula is C14H9F2IN2OS. The van der Waals surface area contributed by atoms with E-state index in [0.29, 0.717) is 25.1 Å². The number of imidazole rings is 1. The molecule has 1 N–H and O–H groups in total. The first-order chi connectivity index (χ1) is 10.0. The molecule has 3 nitrogen and oxygen atoms in total. The van der Waals surface area contributed by atoms with Crippen LogP contribution in [0.5, 0.6) is 5.75 Å². The third kappa shape index (κ3) is 2.44. The Bertz CT molecular complexity index is 904. The van der Waals surface area contributed by atoms with E-state index in [1.54, 1.807) is 6.07 Å². The first kappa shape index (κ1) is 14.5. The molecule has 0 saturated carbocycles. The highest BCUT2D eigenvalue weighted by Crippen LogP contribution is 2.27. The number of aromatic nitrogens is 2. The van der Waals surface area contributed by atoms with Crippen LogP contribution < -0.4 is 4.74 Å². The van der Waals surface area contributed by atoms with E-state index in [1.807, 2.05) is 22.6 Å². The molecule has 1 heterocycles. The molecule has 2 aromatic carbocycles. The summed E-state index contributed by atoms with van der Waals surface area (Å²) in [6.07, 6.45) is 0. The minimum atomic E-state index is -0.466. The van der Waals surface area contributed by atoms with Crippen LogP contribution in [0.15, 0.2) is 30.3 Å². The second-order valence-corrected chi connectivity index (χ2v) is 5.92. The second-order valence-electron chi connectivity index (χ2n) is 4.37. The zero-order valence-corrected chi connectivity index (χ0v) is 13.8. The molecule has 0 atom stereocenters. The lowest BCUT2D eigenvalue weighted by molar-refractivity contribution is 0.413.